The van der Waals surface area contributed by atoms with Crippen molar-refractivity contribution in [3.05, 3.63) is 71.3 Å². The van der Waals surface area contributed by atoms with E-state index in [2.05, 4.69) is 15.2 Å². The van der Waals surface area contributed by atoms with E-state index in [9.17, 15) is 18.0 Å². The van der Waals surface area contributed by atoms with Crippen LogP contribution < -0.4 is 16.6 Å². The first-order valence-electron chi connectivity index (χ1n) is 10.7. The molecule has 4 rings (SSSR count). The Hall–Kier alpha value is -1.88. The van der Waals surface area contributed by atoms with E-state index >= 15 is 0 Å². The molecule has 0 unspecified atom stereocenters. The number of sulfone groups is 1. The Bertz CT molecular complexity index is 1480. The van der Waals surface area contributed by atoms with Gasteiger partial charge in [-0.05, 0) is 29.8 Å². The molecule has 1 aromatic heterocycles. The summed E-state index contributed by atoms with van der Waals surface area (Å²) in [6.07, 6.45) is 0. The van der Waals surface area contributed by atoms with Gasteiger partial charge in [-0.15, -0.1) is 0 Å². The quantitative estimate of drug-likeness (QED) is 0.494. The summed E-state index contributed by atoms with van der Waals surface area (Å²) < 4.78 is 26.0. The van der Waals surface area contributed by atoms with Gasteiger partial charge in [0.05, 0.1) is 33.1 Å². The molecule has 0 bridgehead atoms. The van der Waals surface area contributed by atoms with Gasteiger partial charge in [-0.25, -0.2) is 13.2 Å². The second-order valence-electron chi connectivity index (χ2n) is 8.08. The number of aromatic nitrogens is 2. The Labute approximate surface area is 211 Å². The summed E-state index contributed by atoms with van der Waals surface area (Å²) in [4.78, 5) is 31.1. The number of rotatable bonds is 6. The number of hydrogen-bond acceptors (Lipinski definition) is 6. The number of benzene rings is 2. The lowest BCUT2D eigenvalue weighted by molar-refractivity contribution is 0.233. The zero-order chi connectivity index (χ0) is 24.6. The Kier molecular flexibility index (Phi) is 7.42. The SMILES string of the molecule is CCS(=O)(=O)c1ccc(Cl)cc1Cn1c(=O)[nH]c2c(Cl)c(CN3CCNCC3)c(Cl)cc2c1=O. The van der Waals surface area contributed by atoms with Crippen molar-refractivity contribution in [1.29, 1.82) is 0 Å². The molecule has 0 aliphatic carbocycles. The molecular formula is C22H23Cl3N4O4S. The lowest BCUT2D eigenvalue weighted by atomic mass is 10.1. The lowest BCUT2D eigenvalue weighted by Gasteiger charge is -2.28. The zero-order valence-electron chi connectivity index (χ0n) is 18.3. The van der Waals surface area contributed by atoms with Crippen molar-refractivity contribution in [2.75, 3.05) is 31.9 Å². The van der Waals surface area contributed by atoms with Crippen molar-refractivity contribution in [3.8, 4) is 0 Å². The number of nitrogens with zero attached hydrogens (tertiary/aromatic N) is 2. The molecule has 1 fully saturated rings. The number of halogens is 3. The molecule has 34 heavy (non-hydrogen) atoms. The van der Waals surface area contributed by atoms with E-state index in [1.807, 2.05) is 0 Å². The summed E-state index contributed by atoms with van der Waals surface area (Å²) in [5.41, 5.74) is -0.258. The van der Waals surface area contributed by atoms with E-state index in [1.165, 1.54) is 31.2 Å². The third-order valence-electron chi connectivity index (χ3n) is 5.92. The highest BCUT2D eigenvalue weighted by molar-refractivity contribution is 7.91. The topological polar surface area (TPSA) is 104 Å². The third kappa shape index (κ3) is 4.91. The Morgan fingerprint density at radius 1 is 1.03 bits per heavy atom. The molecule has 0 atom stereocenters. The maximum atomic E-state index is 13.3. The predicted octanol–water partition coefficient (Wildman–Crippen LogP) is 2.90. The molecule has 2 heterocycles. The van der Waals surface area contributed by atoms with Crippen LogP contribution in [0.5, 0.6) is 0 Å². The van der Waals surface area contributed by atoms with Crippen molar-refractivity contribution in [2.24, 2.45) is 0 Å². The van der Waals surface area contributed by atoms with Crippen LogP contribution in [0.25, 0.3) is 10.9 Å². The van der Waals surface area contributed by atoms with Gasteiger partial charge < -0.3 is 10.3 Å². The summed E-state index contributed by atoms with van der Waals surface area (Å²) in [5, 5.41) is 4.25. The molecule has 0 saturated carbocycles. The van der Waals surface area contributed by atoms with Crippen molar-refractivity contribution in [3.63, 3.8) is 0 Å². The van der Waals surface area contributed by atoms with Crippen molar-refractivity contribution in [2.45, 2.75) is 24.9 Å². The van der Waals surface area contributed by atoms with E-state index in [-0.39, 0.29) is 38.7 Å². The minimum Gasteiger partial charge on any atom is -0.314 e. The van der Waals surface area contributed by atoms with E-state index < -0.39 is 21.1 Å². The summed E-state index contributed by atoms with van der Waals surface area (Å²) in [5.74, 6) is -0.133. The van der Waals surface area contributed by atoms with Crippen LogP contribution in [0.15, 0.2) is 38.8 Å². The van der Waals surface area contributed by atoms with Gasteiger partial charge in [-0.3, -0.25) is 14.3 Å². The van der Waals surface area contributed by atoms with Crippen LogP contribution in [-0.2, 0) is 22.9 Å². The van der Waals surface area contributed by atoms with E-state index in [1.54, 1.807) is 0 Å². The molecule has 3 aromatic rings. The molecular weight excluding hydrogens is 523 g/mol. The number of nitrogens with one attached hydrogen (secondary N) is 2. The van der Waals surface area contributed by atoms with Gasteiger partial charge in [-0.2, -0.15) is 0 Å². The van der Waals surface area contributed by atoms with Gasteiger partial charge in [0, 0.05) is 48.3 Å². The normalized spacial score (nSPS) is 15.2. The summed E-state index contributed by atoms with van der Waals surface area (Å²) in [6.45, 7) is 5.08. The average molecular weight is 546 g/mol. The highest BCUT2D eigenvalue weighted by Gasteiger charge is 2.22. The standard InChI is InChI=1S/C22H23Cl3N4O4S/c1-2-34(32,33)18-4-3-14(23)9-13(18)11-29-21(30)15-10-17(24)16(12-28-7-5-26-6-8-28)19(25)20(15)27-22(29)31/h3-4,9-10,26H,2,5-8,11-12H2,1H3,(H,27,31). The molecule has 8 nitrogen and oxygen atoms in total. The second-order valence-corrected chi connectivity index (χ2v) is 11.5. The highest BCUT2D eigenvalue weighted by atomic mass is 35.5. The Balaban J connectivity index is 1.81. The van der Waals surface area contributed by atoms with Crippen LogP contribution >= 0.6 is 34.8 Å². The van der Waals surface area contributed by atoms with E-state index in [4.69, 9.17) is 34.8 Å². The summed E-state index contributed by atoms with van der Waals surface area (Å²) >= 11 is 19.2. The average Bonchev–Trinajstić information content (AvgIpc) is 2.81. The second kappa shape index (κ2) is 10.0. The lowest BCUT2D eigenvalue weighted by Crippen LogP contribution is -2.43. The van der Waals surface area contributed by atoms with Crippen LogP contribution in [0.1, 0.15) is 18.1 Å². The molecule has 0 radical (unpaired) electrons. The number of piperazine rings is 1. The molecule has 1 saturated heterocycles. The zero-order valence-corrected chi connectivity index (χ0v) is 21.4. The maximum Gasteiger partial charge on any atom is 0.329 e. The van der Waals surface area contributed by atoms with Gasteiger partial charge in [0.1, 0.15) is 0 Å². The van der Waals surface area contributed by atoms with Gasteiger partial charge in [-0.1, -0.05) is 41.7 Å². The van der Waals surface area contributed by atoms with Gasteiger partial charge >= 0.3 is 5.69 Å². The fourth-order valence-electron chi connectivity index (χ4n) is 4.05. The number of hydrogen-bond donors (Lipinski definition) is 2. The minimum absolute atomic E-state index is 0.0215. The molecule has 182 valence electrons. The van der Waals surface area contributed by atoms with Crippen molar-refractivity contribution in [1.82, 2.24) is 19.8 Å². The first kappa shape index (κ1) is 25.2. The Morgan fingerprint density at radius 2 is 1.74 bits per heavy atom. The fraction of sp³-hybridized carbons (Fsp3) is 0.364. The number of aromatic amines is 1. The van der Waals surface area contributed by atoms with Crippen LogP contribution in [0, 0.1) is 0 Å². The highest BCUT2D eigenvalue weighted by Crippen LogP contribution is 2.31. The molecule has 0 spiro atoms. The molecule has 2 N–H and O–H groups in total. The predicted molar refractivity (Wildman–Crippen MR) is 135 cm³/mol. The maximum absolute atomic E-state index is 13.3. The van der Waals surface area contributed by atoms with Crippen LogP contribution in [0.2, 0.25) is 15.1 Å². The summed E-state index contributed by atoms with van der Waals surface area (Å²) in [6, 6.07) is 5.78. The van der Waals surface area contributed by atoms with Crippen molar-refractivity contribution < 1.29 is 8.42 Å². The van der Waals surface area contributed by atoms with Crippen LogP contribution in [0.4, 0.5) is 0 Å². The monoisotopic (exact) mass is 544 g/mol. The van der Waals surface area contributed by atoms with E-state index in [0.717, 1.165) is 30.7 Å². The number of H-pyrrole nitrogens is 1. The molecule has 12 heteroatoms. The Morgan fingerprint density at radius 3 is 2.41 bits per heavy atom. The first-order chi connectivity index (χ1) is 16.1. The summed E-state index contributed by atoms with van der Waals surface area (Å²) in [7, 11) is -3.60. The molecule has 1 aliphatic rings. The van der Waals surface area contributed by atoms with Crippen LogP contribution in [-0.4, -0.2) is 54.8 Å². The molecule has 2 aromatic carbocycles. The minimum atomic E-state index is -3.60. The largest absolute Gasteiger partial charge is 0.329 e. The molecule has 0 amide bonds. The van der Waals surface area contributed by atoms with Crippen molar-refractivity contribution >= 4 is 55.5 Å². The molecule has 1 aliphatic heterocycles. The van der Waals surface area contributed by atoms with E-state index in [0.29, 0.717) is 22.2 Å². The first-order valence-corrected chi connectivity index (χ1v) is 13.5. The fourth-order valence-corrected chi connectivity index (χ4v) is 5.97. The van der Waals surface area contributed by atoms with Gasteiger partial charge in [0.25, 0.3) is 5.56 Å². The smallest absolute Gasteiger partial charge is 0.314 e. The van der Waals surface area contributed by atoms with Gasteiger partial charge in [0.2, 0.25) is 0 Å². The van der Waals surface area contributed by atoms with Crippen LogP contribution in [0.3, 0.4) is 0 Å². The third-order valence-corrected chi connectivity index (χ3v) is 8.74. The van der Waals surface area contributed by atoms with Gasteiger partial charge in [0.15, 0.2) is 9.84 Å². The number of fused-ring (bicyclic) bond motifs is 1.